The van der Waals surface area contributed by atoms with E-state index in [9.17, 15) is 0 Å². The fourth-order valence-corrected chi connectivity index (χ4v) is 2.74. The van der Waals surface area contributed by atoms with Gasteiger partial charge < -0.3 is 15.4 Å². The molecule has 3 heteroatoms. The van der Waals surface area contributed by atoms with Crippen molar-refractivity contribution < 1.29 is 4.74 Å². The Hall–Kier alpha value is -0.120. The largest absolute Gasteiger partial charge is 0.381 e. The predicted octanol–water partition coefficient (Wildman–Crippen LogP) is 1.39. The molecule has 0 aromatic heterocycles. The second-order valence-electron chi connectivity index (χ2n) is 5.88. The third kappa shape index (κ3) is 3.19. The van der Waals surface area contributed by atoms with E-state index in [1.165, 1.54) is 25.8 Å². The van der Waals surface area contributed by atoms with Crippen LogP contribution in [0.3, 0.4) is 0 Å². The van der Waals surface area contributed by atoms with E-state index in [2.05, 4.69) is 24.5 Å². The van der Waals surface area contributed by atoms with Crippen molar-refractivity contribution >= 4 is 0 Å². The first-order valence-electron chi connectivity index (χ1n) is 6.71. The summed E-state index contributed by atoms with van der Waals surface area (Å²) in [6.07, 6.45) is 3.73. The molecule has 2 fully saturated rings. The lowest BCUT2D eigenvalue weighted by Gasteiger charge is -2.34. The van der Waals surface area contributed by atoms with E-state index in [1.54, 1.807) is 0 Å². The van der Waals surface area contributed by atoms with Crippen LogP contribution in [0.5, 0.6) is 0 Å². The van der Waals surface area contributed by atoms with E-state index in [0.717, 1.165) is 32.2 Å². The molecule has 2 aliphatic heterocycles. The van der Waals surface area contributed by atoms with Gasteiger partial charge in [0.2, 0.25) is 0 Å². The smallest absolute Gasteiger partial charge is 0.0471 e. The molecule has 0 radical (unpaired) electrons. The Morgan fingerprint density at radius 1 is 1.38 bits per heavy atom. The zero-order chi connectivity index (χ0) is 11.4. The molecule has 0 aromatic carbocycles. The number of ether oxygens (including phenoxy) is 1. The van der Waals surface area contributed by atoms with Crippen molar-refractivity contribution in [1.82, 2.24) is 10.6 Å². The first-order chi connectivity index (χ1) is 7.70. The van der Waals surface area contributed by atoms with Crippen molar-refractivity contribution in [3.8, 4) is 0 Å². The molecule has 2 rings (SSSR count). The Morgan fingerprint density at radius 2 is 2.12 bits per heavy atom. The monoisotopic (exact) mass is 226 g/mol. The predicted molar refractivity (Wildman–Crippen MR) is 66.6 cm³/mol. The van der Waals surface area contributed by atoms with Gasteiger partial charge in [-0.1, -0.05) is 13.8 Å². The van der Waals surface area contributed by atoms with Crippen molar-refractivity contribution in [2.24, 2.45) is 11.3 Å². The van der Waals surface area contributed by atoms with Crippen LogP contribution in [0.1, 0.15) is 33.1 Å². The summed E-state index contributed by atoms with van der Waals surface area (Å²) in [6.45, 7) is 10.1. The molecule has 0 saturated carbocycles. The highest BCUT2D eigenvalue weighted by Crippen LogP contribution is 2.28. The molecule has 94 valence electrons. The molecule has 2 saturated heterocycles. The highest BCUT2D eigenvalue weighted by Gasteiger charge is 2.28. The Kier molecular flexibility index (Phi) is 4.22. The highest BCUT2D eigenvalue weighted by molar-refractivity contribution is 4.85. The molecular formula is C13H26N2O. The van der Waals surface area contributed by atoms with E-state index < -0.39 is 0 Å². The van der Waals surface area contributed by atoms with Gasteiger partial charge in [-0.25, -0.2) is 0 Å². The van der Waals surface area contributed by atoms with Gasteiger partial charge in [0.15, 0.2) is 0 Å². The Balaban J connectivity index is 1.66. The molecule has 2 unspecified atom stereocenters. The van der Waals surface area contributed by atoms with Gasteiger partial charge in [0.25, 0.3) is 0 Å². The topological polar surface area (TPSA) is 33.3 Å². The maximum Gasteiger partial charge on any atom is 0.0471 e. The summed E-state index contributed by atoms with van der Waals surface area (Å²) in [5.41, 5.74) is 0.458. The van der Waals surface area contributed by atoms with Crippen LogP contribution < -0.4 is 10.6 Å². The lowest BCUT2D eigenvalue weighted by molar-refractivity contribution is 0.0239. The zero-order valence-corrected chi connectivity index (χ0v) is 10.7. The van der Waals surface area contributed by atoms with Gasteiger partial charge in [-0.15, -0.1) is 0 Å². The molecule has 2 atom stereocenters. The van der Waals surface area contributed by atoms with Crippen molar-refractivity contribution in [3.63, 3.8) is 0 Å². The lowest BCUT2D eigenvalue weighted by Crippen LogP contribution is -2.43. The van der Waals surface area contributed by atoms with Gasteiger partial charge in [0, 0.05) is 32.3 Å². The van der Waals surface area contributed by atoms with E-state index >= 15 is 0 Å². The van der Waals surface area contributed by atoms with Gasteiger partial charge in [-0.2, -0.15) is 0 Å². The number of hydrogen-bond donors (Lipinski definition) is 2. The normalized spacial score (nSPS) is 34.1. The average Bonchev–Trinajstić information content (AvgIpc) is 2.65. The third-order valence-electron chi connectivity index (χ3n) is 4.31. The van der Waals surface area contributed by atoms with Crippen LogP contribution in [0, 0.1) is 11.3 Å². The summed E-state index contributed by atoms with van der Waals surface area (Å²) in [5.74, 6) is 0.829. The molecule has 16 heavy (non-hydrogen) atoms. The van der Waals surface area contributed by atoms with Gasteiger partial charge >= 0.3 is 0 Å². The average molecular weight is 226 g/mol. The standard InChI is InChI=1S/C13H26N2O/c1-11-3-6-15-12(11)9-14-10-13(2)4-7-16-8-5-13/h11-12,14-15H,3-10H2,1-2H3. The molecule has 0 amide bonds. The zero-order valence-electron chi connectivity index (χ0n) is 10.7. The molecule has 0 aromatic rings. The second-order valence-corrected chi connectivity index (χ2v) is 5.88. The van der Waals surface area contributed by atoms with E-state index in [1.807, 2.05) is 0 Å². The van der Waals surface area contributed by atoms with Crippen LogP contribution in [-0.2, 0) is 4.74 Å². The summed E-state index contributed by atoms with van der Waals surface area (Å²) in [5, 5.41) is 7.22. The minimum atomic E-state index is 0.458. The summed E-state index contributed by atoms with van der Waals surface area (Å²) in [7, 11) is 0. The Bertz CT molecular complexity index is 214. The number of rotatable bonds is 4. The lowest BCUT2D eigenvalue weighted by atomic mass is 9.82. The first-order valence-corrected chi connectivity index (χ1v) is 6.71. The van der Waals surface area contributed by atoms with Crippen molar-refractivity contribution in [2.45, 2.75) is 39.2 Å². The molecule has 2 heterocycles. The fourth-order valence-electron chi connectivity index (χ4n) is 2.74. The van der Waals surface area contributed by atoms with Crippen LogP contribution in [0.2, 0.25) is 0 Å². The number of hydrogen-bond acceptors (Lipinski definition) is 3. The van der Waals surface area contributed by atoms with E-state index in [4.69, 9.17) is 4.74 Å². The molecule has 0 bridgehead atoms. The quantitative estimate of drug-likeness (QED) is 0.760. The summed E-state index contributed by atoms with van der Waals surface area (Å²) in [4.78, 5) is 0. The van der Waals surface area contributed by atoms with Crippen LogP contribution in [0.15, 0.2) is 0 Å². The minimum absolute atomic E-state index is 0.458. The molecule has 3 nitrogen and oxygen atoms in total. The van der Waals surface area contributed by atoms with Crippen LogP contribution in [0.4, 0.5) is 0 Å². The van der Waals surface area contributed by atoms with Gasteiger partial charge in [-0.05, 0) is 37.1 Å². The van der Waals surface area contributed by atoms with Gasteiger partial charge in [0.1, 0.15) is 0 Å². The summed E-state index contributed by atoms with van der Waals surface area (Å²) >= 11 is 0. The minimum Gasteiger partial charge on any atom is -0.381 e. The van der Waals surface area contributed by atoms with Gasteiger partial charge in [0.05, 0.1) is 0 Å². The first kappa shape index (κ1) is 12.3. The molecule has 0 spiro atoms. The summed E-state index contributed by atoms with van der Waals surface area (Å²) < 4.78 is 5.42. The molecule has 0 aliphatic carbocycles. The Labute approximate surface area is 99.3 Å². The second kappa shape index (κ2) is 5.48. The Morgan fingerprint density at radius 3 is 2.75 bits per heavy atom. The molecular weight excluding hydrogens is 200 g/mol. The maximum absolute atomic E-state index is 5.42. The highest BCUT2D eigenvalue weighted by atomic mass is 16.5. The van der Waals surface area contributed by atoms with E-state index in [-0.39, 0.29) is 0 Å². The maximum atomic E-state index is 5.42. The SMILES string of the molecule is CC1CCNC1CNCC1(C)CCOCC1. The van der Waals surface area contributed by atoms with Crippen LogP contribution >= 0.6 is 0 Å². The van der Waals surface area contributed by atoms with Crippen LogP contribution in [0.25, 0.3) is 0 Å². The van der Waals surface area contributed by atoms with E-state index in [0.29, 0.717) is 11.5 Å². The number of nitrogens with one attached hydrogen (secondary N) is 2. The van der Waals surface area contributed by atoms with Crippen molar-refractivity contribution in [1.29, 1.82) is 0 Å². The molecule has 2 N–H and O–H groups in total. The van der Waals surface area contributed by atoms with Crippen molar-refractivity contribution in [3.05, 3.63) is 0 Å². The van der Waals surface area contributed by atoms with Gasteiger partial charge in [-0.3, -0.25) is 0 Å². The van der Waals surface area contributed by atoms with Crippen molar-refractivity contribution in [2.75, 3.05) is 32.8 Å². The third-order valence-corrected chi connectivity index (χ3v) is 4.31. The summed E-state index contributed by atoms with van der Waals surface area (Å²) in [6, 6.07) is 0.684. The molecule has 2 aliphatic rings. The fraction of sp³-hybridized carbons (Fsp3) is 1.00. The van der Waals surface area contributed by atoms with Crippen LogP contribution in [-0.4, -0.2) is 38.9 Å².